The van der Waals surface area contributed by atoms with Gasteiger partial charge in [0.15, 0.2) is 0 Å². The summed E-state index contributed by atoms with van der Waals surface area (Å²) in [5.41, 5.74) is 2.89. The largest absolute Gasteiger partial charge is 0.273 e. The van der Waals surface area contributed by atoms with Crippen molar-refractivity contribution in [3.8, 4) is 0 Å². The van der Waals surface area contributed by atoms with Gasteiger partial charge in [-0.15, -0.1) is 0 Å². The van der Waals surface area contributed by atoms with Crippen LogP contribution in [0.15, 0.2) is 47.6 Å². The van der Waals surface area contributed by atoms with Gasteiger partial charge in [0.1, 0.15) is 17.5 Å². The predicted octanol–water partition coefficient (Wildman–Crippen LogP) is 2.80. The van der Waals surface area contributed by atoms with Crippen LogP contribution in [0.2, 0.25) is 0 Å². The van der Waals surface area contributed by atoms with Crippen LogP contribution >= 0.6 is 0 Å². The van der Waals surface area contributed by atoms with Gasteiger partial charge in [-0.2, -0.15) is 5.10 Å². The van der Waals surface area contributed by atoms with Crippen LogP contribution in [0.3, 0.4) is 0 Å². The number of hydrazone groups is 1. The molecule has 1 amide bonds. The molecule has 0 aliphatic carbocycles. The zero-order valence-electron chi connectivity index (χ0n) is 10.8. The van der Waals surface area contributed by atoms with Crippen molar-refractivity contribution >= 4 is 12.1 Å². The van der Waals surface area contributed by atoms with Crippen LogP contribution in [0, 0.1) is 17.5 Å². The molecule has 2 aromatic carbocycles. The van der Waals surface area contributed by atoms with Gasteiger partial charge in [0.05, 0.1) is 12.6 Å². The van der Waals surface area contributed by atoms with Crippen molar-refractivity contribution in [2.24, 2.45) is 5.10 Å². The van der Waals surface area contributed by atoms with Gasteiger partial charge in [-0.3, -0.25) is 4.79 Å². The number of nitrogens with zero attached hydrogens (tertiary/aromatic N) is 1. The van der Waals surface area contributed by atoms with Gasteiger partial charge >= 0.3 is 0 Å². The summed E-state index contributed by atoms with van der Waals surface area (Å²) in [7, 11) is 0. The monoisotopic (exact) mass is 292 g/mol. The molecule has 0 heterocycles. The molecule has 2 rings (SSSR count). The zero-order chi connectivity index (χ0) is 15.2. The van der Waals surface area contributed by atoms with Crippen molar-refractivity contribution in [3.05, 3.63) is 71.0 Å². The molecule has 0 aromatic heterocycles. The first-order chi connectivity index (χ1) is 10.0. The van der Waals surface area contributed by atoms with E-state index in [1.807, 2.05) is 0 Å². The smallest absolute Gasteiger partial charge is 0.244 e. The van der Waals surface area contributed by atoms with Gasteiger partial charge < -0.3 is 0 Å². The van der Waals surface area contributed by atoms with E-state index < -0.39 is 17.5 Å². The van der Waals surface area contributed by atoms with Crippen molar-refractivity contribution in [3.63, 3.8) is 0 Å². The van der Waals surface area contributed by atoms with Crippen molar-refractivity contribution < 1.29 is 18.0 Å². The highest BCUT2D eigenvalue weighted by Gasteiger charge is 2.03. The minimum absolute atomic E-state index is 0.0174. The first-order valence-electron chi connectivity index (χ1n) is 6.06. The number of halogens is 3. The Kier molecular flexibility index (Phi) is 4.71. The first-order valence-corrected chi connectivity index (χ1v) is 6.06. The molecular formula is C15H11F3N2O. The highest BCUT2D eigenvalue weighted by Crippen LogP contribution is 2.07. The summed E-state index contributed by atoms with van der Waals surface area (Å²) in [5, 5.41) is 3.58. The molecule has 6 heteroatoms. The Balaban J connectivity index is 1.91. The summed E-state index contributed by atoms with van der Waals surface area (Å²) in [4.78, 5) is 11.6. The lowest BCUT2D eigenvalue weighted by atomic mass is 10.1. The van der Waals surface area contributed by atoms with Crippen LogP contribution in [0.25, 0.3) is 0 Å². The van der Waals surface area contributed by atoms with Gasteiger partial charge in [-0.05, 0) is 29.8 Å². The minimum Gasteiger partial charge on any atom is -0.273 e. The molecule has 0 spiro atoms. The van der Waals surface area contributed by atoms with Crippen LogP contribution in [0.1, 0.15) is 11.1 Å². The second kappa shape index (κ2) is 6.69. The molecule has 0 aliphatic rings. The lowest BCUT2D eigenvalue weighted by Crippen LogP contribution is -2.19. The minimum atomic E-state index is -0.772. The van der Waals surface area contributed by atoms with E-state index >= 15 is 0 Å². The van der Waals surface area contributed by atoms with Crippen molar-refractivity contribution in [1.82, 2.24) is 5.43 Å². The molecule has 0 bridgehead atoms. The van der Waals surface area contributed by atoms with Crippen molar-refractivity contribution in [2.75, 3.05) is 0 Å². The number of amides is 1. The van der Waals surface area contributed by atoms with Gasteiger partial charge in [0, 0.05) is 11.6 Å². The van der Waals surface area contributed by atoms with E-state index in [2.05, 4.69) is 10.5 Å². The topological polar surface area (TPSA) is 41.5 Å². The van der Waals surface area contributed by atoms with E-state index in [9.17, 15) is 18.0 Å². The highest BCUT2D eigenvalue weighted by atomic mass is 19.1. The number of hydrogen-bond acceptors (Lipinski definition) is 2. The van der Waals surface area contributed by atoms with E-state index in [-0.39, 0.29) is 17.8 Å². The second-order valence-electron chi connectivity index (χ2n) is 4.26. The number of hydrogen-bond donors (Lipinski definition) is 1. The normalized spacial score (nSPS) is 10.8. The molecule has 1 N–H and O–H groups in total. The summed E-state index contributed by atoms with van der Waals surface area (Å²) in [6.45, 7) is 0. The Morgan fingerprint density at radius 3 is 2.38 bits per heavy atom. The maximum Gasteiger partial charge on any atom is 0.244 e. The fourth-order valence-corrected chi connectivity index (χ4v) is 1.61. The SMILES string of the molecule is O=C(Cc1ccc(F)cc1)N/N=C\c1ccc(F)cc1F. The van der Waals surface area contributed by atoms with Crippen LogP contribution < -0.4 is 5.43 Å². The van der Waals surface area contributed by atoms with Gasteiger partial charge in [-0.25, -0.2) is 18.6 Å². The van der Waals surface area contributed by atoms with E-state index in [0.717, 1.165) is 18.3 Å². The molecular weight excluding hydrogens is 281 g/mol. The Bertz CT molecular complexity index is 669. The van der Waals surface area contributed by atoms with Crippen LogP contribution in [0.5, 0.6) is 0 Å². The zero-order valence-corrected chi connectivity index (χ0v) is 10.8. The standard InChI is InChI=1S/C15H11F3N2O/c16-12-4-1-10(2-5-12)7-15(21)20-19-9-11-3-6-13(17)8-14(11)18/h1-6,8-9H,7H2,(H,20,21)/b19-9-. The summed E-state index contributed by atoms with van der Waals surface area (Å²) in [6.07, 6.45) is 1.10. The summed E-state index contributed by atoms with van der Waals surface area (Å²) in [6, 6.07) is 8.49. The molecule has 21 heavy (non-hydrogen) atoms. The van der Waals surface area contributed by atoms with E-state index in [0.29, 0.717) is 5.56 Å². The average molecular weight is 292 g/mol. The molecule has 0 atom stereocenters. The molecule has 0 saturated carbocycles. The maximum atomic E-state index is 13.3. The van der Waals surface area contributed by atoms with Crippen LogP contribution in [-0.4, -0.2) is 12.1 Å². The summed E-state index contributed by atoms with van der Waals surface area (Å²) >= 11 is 0. The second-order valence-corrected chi connectivity index (χ2v) is 4.26. The van der Waals surface area contributed by atoms with Gasteiger partial charge in [-0.1, -0.05) is 12.1 Å². The Morgan fingerprint density at radius 2 is 1.71 bits per heavy atom. The Labute approximate surface area is 119 Å². The number of nitrogens with one attached hydrogen (secondary N) is 1. The molecule has 0 radical (unpaired) electrons. The molecule has 108 valence electrons. The molecule has 3 nitrogen and oxygen atoms in total. The van der Waals surface area contributed by atoms with E-state index in [4.69, 9.17) is 0 Å². The van der Waals surface area contributed by atoms with Crippen molar-refractivity contribution in [2.45, 2.75) is 6.42 Å². The number of rotatable bonds is 4. The number of carbonyl (C=O) groups excluding carboxylic acids is 1. The van der Waals surface area contributed by atoms with Crippen LogP contribution in [0.4, 0.5) is 13.2 Å². The van der Waals surface area contributed by atoms with Gasteiger partial charge in [0.25, 0.3) is 0 Å². The third-order valence-electron chi connectivity index (χ3n) is 2.63. The van der Waals surface area contributed by atoms with E-state index in [1.54, 1.807) is 0 Å². The fraction of sp³-hybridized carbons (Fsp3) is 0.0667. The first kappa shape index (κ1) is 14.8. The van der Waals surface area contributed by atoms with Crippen LogP contribution in [-0.2, 0) is 11.2 Å². The van der Waals surface area contributed by atoms with E-state index in [1.165, 1.54) is 30.3 Å². The molecule has 2 aromatic rings. The third-order valence-corrected chi connectivity index (χ3v) is 2.63. The number of carbonyl (C=O) groups is 1. The number of benzene rings is 2. The lowest BCUT2D eigenvalue weighted by molar-refractivity contribution is -0.120. The Morgan fingerprint density at radius 1 is 1.05 bits per heavy atom. The Hall–Kier alpha value is -2.63. The summed E-state index contributed by atoms with van der Waals surface area (Å²) < 4.78 is 38.7. The summed E-state index contributed by atoms with van der Waals surface area (Å²) in [5.74, 6) is -2.28. The molecule has 0 fully saturated rings. The molecule has 0 unspecified atom stereocenters. The molecule has 0 aliphatic heterocycles. The van der Waals surface area contributed by atoms with Gasteiger partial charge in [0.2, 0.25) is 5.91 Å². The average Bonchev–Trinajstić information content (AvgIpc) is 2.44. The maximum absolute atomic E-state index is 13.3. The van der Waals surface area contributed by atoms with Crippen molar-refractivity contribution in [1.29, 1.82) is 0 Å². The quantitative estimate of drug-likeness (QED) is 0.683. The lowest BCUT2D eigenvalue weighted by Gasteiger charge is -2.01. The molecule has 0 saturated heterocycles. The highest BCUT2D eigenvalue weighted by molar-refractivity contribution is 5.83. The predicted molar refractivity (Wildman–Crippen MR) is 72.2 cm³/mol. The fourth-order valence-electron chi connectivity index (χ4n) is 1.61. The third kappa shape index (κ3) is 4.45.